The van der Waals surface area contributed by atoms with Gasteiger partial charge in [0.25, 0.3) is 0 Å². The smallest absolute Gasteiger partial charge is 0.306 e. The van der Waals surface area contributed by atoms with Crippen molar-refractivity contribution in [3.8, 4) is 0 Å². The van der Waals surface area contributed by atoms with Gasteiger partial charge in [0.15, 0.2) is 0 Å². The quantitative estimate of drug-likeness (QED) is 0.743. The van der Waals surface area contributed by atoms with E-state index in [9.17, 15) is 4.79 Å². The average molecular weight is 271 g/mol. The van der Waals surface area contributed by atoms with Crippen molar-refractivity contribution >= 4 is 16.9 Å². The molecule has 20 heavy (non-hydrogen) atoms. The molecule has 3 nitrogen and oxygen atoms in total. The van der Waals surface area contributed by atoms with Gasteiger partial charge in [-0.05, 0) is 25.0 Å². The van der Waals surface area contributed by atoms with E-state index in [-0.39, 0.29) is 11.9 Å². The fraction of sp³-hybridized carbons (Fsp3) is 0.412. The third-order valence-electron chi connectivity index (χ3n) is 3.41. The summed E-state index contributed by atoms with van der Waals surface area (Å²) in [5.41, 5.74) is 1.95. The second-order valence-corrected chi connectivity index (χ2v) is 4.96. The number of fused-ring (bicyclic) bond motifs is 1. The lowest BCUT2D eigenvalue weighted by molar-refractivity contribution is -0.144. The van der Waals surface area contributed by atoms with Crippen LogP contribution < -0.4 is 0 Å². The highest BCUT2D eigenvalue weighted by Crippen LogP contribution is 2.24. The van der Waals surface area contributed by atoms with Crippen LogP contribution in [0.1, 0.15) is 44.7 Å². The van der Waals surface area contributed by atoms with Gasteiger partial charge in [0.1, 0.15) is 0 Å². The number of hydrogen-bond acceptors (Lipinski definition) is 3. The summed E-state index contributed by atoms with van der Waals surface area (Å²) in [6.07, 6.45) is 2.14. The predicted octanol–water partition coefficient (Wildman–Crippen LogP) is 4.07. The van der Waals surface area contributed by atoms with E-state index in [4.69, 9.17) is 4.74 Å². The number of hydrogen-bond donors (Lipinski definition) is 0. The summed E-state index contributed by atoms with van der Waals surface area (Å²) in [4.78, 5) is 16.4. The molecule has 0 bridgehead atoms. The second kappa shape index (κ2) is 7.04. The highest BCUT2D eigenvalue weighted by Gasteiger charge is 2.16. The maximum atomic E-state index is 11.8. The van der Waals surface area contributed by atoms with Crippen LogP contribution in [0.25, 0.3) is 10.9 Å². The van der Waals surface area contributed by atoms with E-state index < -0.39 is 0 Å². The zero-order valence-corrected chi connectivity index (χ0v) is 12.1. The fourth-order valence-corrected chi connectivity index (χ4v) is 2.24. The largest absolute Gasteiger partial charge is 0.466 e. The standard InChI is InChI=1S/C17H21NO2/c1-3-11-20-17(19)12-13(4-2)16-10-9-14-7-5-6-8-15(14)18-16/h5-10,13H,3-4,11-12H2,1-2H3. The number of rotatable bonds is 6. The molecule has 106 valence electrons. The molecule has 0 amide bonds. The van der Waals surface area contributed by atoms with Crippen molar-refractivity contribution in [3.63, 3.8) is 0 Å². The Morgan fingerprint density at radius 2 is 2.00 bits per heavy atom. The summed E-state index contributed by atoms with van der Waals surface area (Å²) in [6, 6.07) is 12.1. The van der Waals surface area contributed by atoms with Gasteiger partial charge in [-0.25, -0.2) is 0 Å². The molecule has 0 aliphatic heterocycles. The summed E-state index contributed by atoms with van der Waals surface area (Å²) < 4.78 is 5.17. The monoisotopic (exact) mass is 271 g/mol. The van der Waals surface area contributed by atoms with Crippen molar-refractivity contribution in [2.24, 2.45) is 0 Å². The topological polar surface area (TPSA) is 39.2 Å². The molecule has 1 atom stereocenters. The molecule has 0 saturated heterocycles. The molecule has 1 aromatic carbocycles. The molecule has 1 heterocycles. The molecule has 0 aliphatic carbocycles. The van der Waals surface area contributed by atoms with Crippen LogP contribution >= 0.6 is 0 Å². The van der Waals surface area contributed by atoms with Crippen molar-refractivity contribution in [1.82, 2.24) is 4.98 Å². The normalized spacial score (nSPS) is 12.3. The van der Waals surface area contributed by atoms with Gasteiger partial charge in [-0.2, -0.15) is 0 Å². The molecule has 0 N–H and O–H groups in total. The molecular formula is C17H21NO2. The molecule has 0 spiro atoms. The molecule has 0 aliphatic rings. The number of nitrogens with zero attached hydrogens (tertiary/aromatic N) is 1. The van der Waals surface area contributed by atoms with E-state index in [2.05, 4.69) is 18.0 Å². The van der Waals surface area contributed by atoms with Gasteiger partial charge in [0.05, 0.1) is 18.5 Å². The first-order valence-electron chi connectivity index (χ1n) is 7.26. The van der Waals surface area contributed by atoms with Crippen LogP contribution in [0.5, 0.6) is 0 Å². The van der Waals surface area contributed by atoms with E-state index in [0.29, 0.717) is 13.0 Å². The second-order valence-electron chi connectivity index (χ2n) is 4.96. The van der Waals surface area contributed by atoms with E-state index in [1.165, 1.54) is 0 Å². The molecule has 0 radical (unpaired) electrons. The number of esters is 1. The molecule has 1 unspecified atom stereocenters. The predicted molar refractivity (Wildman–Crippen MR) is 80.6 cm³/mol. The van der Waals surface area contributed by atoms with Crippen LogP contribution in [-0.2, 0) is 9.53 Å². The Balaban J connectivity index is 2.14. The van der Waals surface area contributed by atoms with E-state index in [0.717, 1.165) is 29.4 Å². The number of para-hydroxylation sites is 1. The van der Waals surface area contributed by atoms with Crippen LogP contribution in [0.3, 0.4) is 0 Å². The first-order valence-corrected chi connectivity index (χ1v) is 7.26. The number of carbonyl (C=O) groups is 1. The van der Waals surface area contributed by atoms with Crippen molar-refractivity contribution in [3.05, 3.63) is 42.1 Å². The number of benzene rings is 1. The third kappa shape index (κ3) is 3.56. The van der Waals surface area contributed by atoms with Gasteiger partial charge in [0, 0.05) is 17.0 Å². The molecule has 0 fully saturated rings. The summed E-state index contributed by atoms with van der Waals surface area (Å²) in [7, 11) is 0. The average Bonchev–Trinajstić information content (AvgIpc) is 2.50. The third-order valence-corrected chi connectivity index (χ3v) is 3.41. The Labute approximate surface area is 120 Å². The molecule has 2 rings (SSSR count). The van der Waals surface area contributed by atoms with E-state index >= 15 is 0 Å². The van der Waals surface area contributed by atoms with Crippen molar-refractivity contribution < 1.29 is 9.53 Å². The lowest BCUT2D eigenvalue weighted by Crippen LogP contribution is -2.11. The van der Waals surface area contributed by atoms with Crippen molar-refractivity contribution in [2.45, 2.75) is 39.0 Å². The van der Waals surface area contributed by atoms with E-state index in [1.54, 1.807) is 0 Å². The molecule has 2 aromatic rings. The number of pyridine rings is 1. The highest BCUT2D eigenvalue weighted by atomic mass is 16.5. The number of aromatic nitrogens is 1. The lowest BCUT2D eigenvalue weighted by atomic mass is 9.97. The lowest BCUT2D eigenvalue weighted by Gasteiger charge is -2.14. The van der Waals surface area contributed by atoms with Gasteiger partial charge in [-0.15, -0.1) is 0 Å². The Morgan fingerprint density at radius 1 is 1.20 bits per heavy atom. The minimum atomic E-state index is -0.131. The fourth-order valence-electron chi connectivity index (χ4n) is 2.24. The van der Waals surface area contributed by atoms with Gasteiger partial charge in [-0.3, -0.25) is 9.78 Å². The number of ether oxygens (including phenoxy) is 1. The Hall–Kier alpha value is -1.90. The first kappa shape index (κ1) is 14.5. The van der Waals surface area contributed by atoms with Crippen molar-refractivity contribution in [1.29, 1.82) is 0 Å². The van der Waals surface area contributed by atoms with Gasteiger partial charge in [0.2, 0.25) is 0 Å². The van der Waals surface area contributed by atoms with Gasteiger partial charge in [-0.1, -0.05) is 38.1 Å². The van der Waals surface area contributed by atoms with Crippen LogP contribution in [0.2, 0.25) is 0 Å². The SMILES string of the molecule is CCCOC(=O)CC(CC)c1ccc2ccccc2n1. The van der Waals surface area contributed by atoms with Crippen LogP contribution in [-0.4, -0.2) is 17.6 Å². The van der Waals surface area contributed by atoms with Gasteiger partial charge >= 0.3 is 5.97 Å². The Bertz CT molecular complexity index is 580. The summed E-state index contributed by atoms with van der Waals surface area (Å²) in [5.74, 6) is -0.00220. The summed E-state index contributed by atoms with van der Waals surface area (Å²) in [5, 5.41) is 1.12. The first-order chi connectivity index (χ1) is 9.74. The Morgan fingerprint density at radius 3 is 2.75 bits per heavy atom. The minimum Gasteiger partial charge on any atom is -0.466 e. The maximum Gasteiger partial charge on any atom is 0.306 e. The molecular weight excluding hydrogens is 250 g/mol. The zero-order valence-electron chi connectivity index (χ0n) is 12.1. The molecule has 3 heteroatoms. The van der Waals surface area contributed by atoms with Gasteiger partial charge < -0.3 is 4.74 Å². The summed E-state index contributed by atoms with van der Waals surface area (Å²) in [6.45, 7) is 4.57. The zero-order chi connectivity index (χ0) is 14.4. The summed E-state index contributed by atoms with van der Waals surface area (Å²) >= 11 is 0. The minimum absolute atomic E-state index is 0.129. The van der Waals surface area contributed by atoms with Crippen LogP contribution in [0.4, 0.5) is 0 Å². The maximum absolute atomic E-state index is 11.8. The molecule has 1 aromatic heterocycles. The number of carbonyl (C=O) groups excluding carboxylic acids is 1. The van der Waals surface area contributed by atoms with Crippen molar-refractivity contribution in [2.75, 3.05) is 6.61 Å². The van der Waals surface area contributed by atoms with E-state index in [1.807, 2.05) is 37.3 Å². The van der Waals surface area contributed by atoms with Crippen LogP contribution in [0, 0.1) is 0 Å². The van der Waals surface area contributed by atoms with Crippen LogP contribution in [0.15, 0.2) is 36.4 Å². The Kier molecular flexibility index (Phi) is 5.10. The highest BCUT2D eigenvalue weighted by molar-refractivity contribution is 5.78. The molecule has 0 saturated carbocycles.